The van der Waals surface area contributed by atoms with E-state index in [2.05, 4.69) is 53.7 Å². The Morgan fingerprint density at radius 1 is 1.31 bits per heavy atom. The second kappa shape index (κ2) is 3.21. The Kier molecular flexibility index (Phi) is 2.05. The third-order valence-electron chi connectivity index (χ3n) is 2.35. The number of aromatic nitrogens is 2. The minimum atomic E-state index is 1.10. The van der Waals surface area contributed by atoms with E-state index in [1.54, 1.807) is 0 Å². The summed E-state index contributed by atoms with van der Waals surface area (Å²) in [6.07, 6.45) is 3.34. The standard InChI is InChI=1S/C11H15N2/c1-3-8-13-9-12(2)10-6-4-5-7-11(10)13/h4-7,9H,3,8H2,1-2H3/q+1. The average molecular weight is 175 g/mol. The number of imidazole rings is 1. The van der Waals surface area contributed by atoms with Crippen LogP contribution in [0.3, 0.4) is 0 Å². The number of aryl methyl sites for hydroxylation is 2. The average Bonchev–Trinajstić information content (AvgIpc) is 2.46. The van der Waals surface area contributed by atoms with E-state index in [4.69, 9.17) is 0 Å². The van der Waals surface area contributed by atoms with E-state index < -0.39 is 0 Å². The van der Waals surface area contributed by atoms with Crippen LogP contribution in [0.4, 0.5) is 0 Å². The fourth-order valence-corrected chi connectivity index (χ4v) is 1.76. The zero-order chi connectivity index (χ0) is 9.26. The van der Waals surface area contributed by atoms with Crippen molar-refractivity contribution in [1.82, 2.24) is 4.57 Å². The lowest BCUT2D eigenvalue weighted by atomic mass is 10.3. The third-order valence-corrected chi connectivity index (χ3v) is 2.35. The molecule has 2 aromatic rings. The Morgan fingerprint density at radius 2 is 2.08 bits per heavy atom. The van der Waals surface area contributed by atoms with Crippen LogP contribution >= 0.6 is 0 Å². The van der Waals surface area contributed by atoms with Crippen LogP contribution in [-0.2, 0) is 13.6 Å². The van der Waals surface area contributed by atoms with Crippen LogP contribution in [0.5, 0.6) is 0 Å². The molecule has 1 heterocycles. The number of benzene rings is 1. The molecule has 0 bridgehead atoms. The second-order valence-corrected chi connectivity index (χ2v) is 3.41. The van der Waals surface area contributed by atoms with Crippen LogP contribution in [-0.4, -0.2) is 4.57 Å². The first-order chi connectivity index (χ1) is 6.33. The van der Waals surface area contributed by atoms with Crippen LogP contribution < -0.4 is 4.57 Å². The van der Waals surface area contributed by atoms with Gasteiger partial charge in [0.25, 0.3) is 0 Å². The van der Waals surface area contributed by atoms with Crippen LogP contribution in [0.2, 0.25) is 0 Å². The maximum absolute atomic E-state index is 2.30. The number of nitrogens with zero attached hydrogens (tertiary/aromatic N) is 2. The summed E-state index contributed by atoms with van der Waals surface area (Å²) in [5.74, 6) is 0. The maximum Gasteiger partial charge on any atom is 0.244 e. The van der Waals surface area contributed by atoms with E-state index in [9.17, 15) is 0 Å². The lowest BCUT2D eigenvalue weighted by molar-refractivity contribution is -0.645. The molecule has 0 saturated heterocycles. The normalized spacial score (nSPS) is 10.9. The molecule has 0 aliphatic rings. The number of hydrogen-bond donors (Lipinski definition) is 0. The highest BCUT2D eigenvalue weighted by Gasteiger charge is 2.10. The predicted octanol–water partition coefficient (Wildman–Crippen LogP) is 1.88. The van der Waals surface area contributed by atoms with Gasteiger partial charge in [0, 0.05) is 0 Å². The van der Waals surface area contributed by atoms with Gasteiger partial charge in [0.05, 0.1) is 13.6 Å². The Balaban J connectivity index is 2.63. The molecule has 2 nitrogen and oxygen atoms in total. The van der Waals surface area contributed by atoms with Crippen LogP contribution in [0.15, 0.2) is 30.6 Å². The molecule has 13 heavy (non-hydrogen) atoms. The van der Waals surface area contributed by atoms with E-state index in [-0.39, 0.29) is 0 Å². The van der Waals surface area contributed by atoms with Crippen molar-refractivity contribution in [3.05, 3.63) is 30.6 Å². The van der Waals surface area contributed by atoms with E-state index in [0.717, 1.165) is 6.54 Å². The molecule has 0 saturated carbocycles. The second-order valence-electron chi connectivity index (χ2n) is 3.41. The molecule has 0 spiro atoms. The largest absolute Gasteiger partial charge is 0.244 e. The highest BCUT2D eigenvalue weighted by atomic mass is 15.1. The highest BCUT2D eigenvalue weighted by Crippen LogP contribution is 2.09. The SMILES string of the molecule is CCCn1c[n+](C)c2ccccc21. The lowest BCUT2D eigenvalue weighted by Gasteiger charge is -1.91. The van der Waals surface area contributed by atoms with Gasteiger partial charge in [-0.1, -0.05) is 19.1 Å². The molecule has 0 fully saturated rings. The monoisotopic (exact) mass is 175 g/mol. The lowest BCUT2D eigenvalue weighted by Crippen LogP contribution is -2.25. The first-order valence-corrected chi connectivity index (χ1v) is 4.76. The Bertz CT molecular complexity index is 415. The van der Waals surface area contributed by atoms with Crippen molar-refractivity contribution >= 4 is 11.0 Å². The topological polar surface area (TPSA) is 8.81 Å². The Labute approximate surface area is 78.4 Å². The minimum Gasteiger partial charge on any atom is -0.233 e. The van der Waals surface area contributed by atoms with Gasteiger partial charge in [0.1, 0.15) is 0 Å². The van der Waals surface area contributed by atoms with Crippen LogP contribution in [0.1, 0.15) is 13.3 Å². The van der Waals surface area contributed by atoms with E-state index >= 15 is 0 Å². The van der Waals surface area contributed by atoms with E-state index in [1.807, 2.05) is 0 Å². The molecule has 2 heteroatoms. The molecule has 1 aromatic heterocycles. The van der Waals surface area contributed by atoms with Gasteiger partial charge in [0.2, 0.25) is 6.33 Å². The molecular weight excluding hydrogens is 160 g/mol. The molecule has 1 aromatic carbocycles. The number of fused-ring (bicyclic) bond motifs is 1. The molecule has 0 aliphatic heterocycles. The maximum atomic E-state index is 2.30. The van der Waals surface area contributed by atoms with Crippen molar-refractivity contribution in [1.29, 1.82) is 0 Å². The molecular formula is C11H15N2+. The van der Waals surface area contributed by atoms with Crippen molar-refractivity contribution in [2.75, 3.05) is 0 Å². The van der Waals surface area contributed by atoms with Gasteiger partial charge in [-0.2, -0.15) is 0 Å². The zero-order valence-electron chi connectivity index (χ0n) is 8.20. The van der Waals surface area contributed by atoms with Gasteiger partial charge >= 0.3 is 0 Å². The van der Waals surface area contributed by atoms with Crippen molar-refractivity contribution in [3.63, 3.8) is 0 Å². The van der Waals surface area contributed by atoms with E-state index in [1.165, 1.54) is 17.5 Å². The summed E-state index contributed by atoms with van der Waals surface area (Å²) >= 11 is 0. The molecule has 0 amide bonds. The highest BCUT2D eigenvalue weighted by molar-refractivity contribution is 5.71. The summed E-state index contributed by atoms with van der Waals surface area (Å²) in [5, 5.41) is 0. The summed E-state index contributed by atoms with van der Waals surface area (Å²) in [7, 11) is 2.09. The smallest absolute Gasteiger partial charge is 0.233 e. The Morgan fingerprint density at radius 3 is 2.85 bits per heavy atom. The first-order valence-electron chi connectivity index (χ1n) is 4.76. The van der Waals surface area contributed by atoms with Crippen LogP contribution in [0.25, 0.3) is 11.0 Å². The summed E-state index contributed by atoms with van der Waals surface area (Å²) in [5.41, 5.74) is 2.63. The fraction of sp³-hybridized carbons (Fsp3) is 0.364. The van der Waals surface area contributed by atoms with Gasteiger partial charge < -0.3 is 0 Å². The predicted molar refractivity (Wildman–Crippen MR) is 53.4 cm³/mol. The summed E-state index contributed by atoms with van der Waals surface area (Å²) in [6.45, 7) is 3.30. The summed E-state index contributed by atoms with van der Waals surface area (Å²) in [6, 6.07) is 8.50. The number of rotatable bonds is 2. The molecule has 68 valence electrons. The van der Waals surface area contributed by atoms with Gasteiger partial charge in [-0.3, -0.25) is 0 Å². The first kappa shape index (κ1) is 8.30. The van der Waals surface area contributed by atoms with Crippen LogP contribution in [0, 0.1) is 0 Å². The Hall–Kier alpha value is -1.31. The van der Waals surface area contributed by atoms with Gasteiger partial charge in [0.15, 0.2) is 11.0 Å². The third kappa shape index (κ3) is 1.32. The quantitative estimate of drug-likeness (QED) is 0.616. The summed E-state index contributed by atoms with van der Waals surface area (Å²) in [4.78, 5) is 0. The van der Waals surface area contributed by atoms with Crippen molar-refractivity contribution in [2.24, 2.45) is 7.05 Å². The van der Waals surface area contributed by atoms with Gasteiger partial charge in [-0.25, -0.2) is 9.13 Å². The fourth-order valence-electron chi connectivity index (χ4n) is 1.76. The van der Waals surface area contributed by atoms with Gasteiger partial charge in [-0.15, -0.1) is 0 Å². The number of hydrogen-bond acceptors (Lipinski definition) is 0. The van der Waals surface area contributed by atoms with Crippen molar-refractivity contribution in [3.8, 4) is 0 Å². The molecule has 0 radical (unpaired) electrons. The minimum absolute atomic E-state index is 1.10. The molecule has 2 rings (SSSR count). The van der Waals surface area contributed by atoms with Crippen molar-refractivity contribution in [2.45, 2.75) is 19.9 Å². The molecule has 0 unspecified atom stereocenters. The molecule has 0 N–H and O–H groups in total. The van der Waals surface area contributed by atoms with Crippen molar-refractivity contribution < 1.29 is 4.57 Å². The van der Waals surface area contributed by atoms with Gasteiger partial charge in [-0.05, 0) is 18.6 Å². The number of para-hydroxylation sites is 2. The molecule has 0 atom stereocenters. The zero-order valence-corrected chi connectivity index (χ0v) is 8.20. The summed E-state index contributed by atoms with van der Waals surface area (Å²) < 4.78 is 4.47. The van der Waals surface area contributed by atoms with E-state index in [0.29, 0.717) is 0 Å². The molecule has 0 aliphatic carbocycles.